The quantitative estimate of drug-likeness (QED) is 0.861. The number of rotatable bonds is 4. The Morgan fingerprint density at radius 1 is 1.29 bits per heavy atom. The highest BCUT2D eigenvalue weighted by Crippen LogP contribution is 2.28. The lowest BCUT2D eigenvalue weighted by Gasteiger charge is -2.30. The van der Waals surface area contributed by atoms with Crippen molar-refractivity contribution in [3.8, 4) is 6.07 Å². The maximum absolute atomic E-state index is 12.3. The minimum Gasteiger partial charge on any atom is -0.370 e. The highest BCUT2D eigenvalue weighted by molar-refractivity contribution is 6.39. The Labute approximate surface area is 143 Å². The number of nitriles is 1. The van der Waals surface area contributed by atoms with Crippen LogP contribution in [0, 0.1) is 11.3 Å². The van der Waals surface area contributed by atoms with Gasteiger partial charge in [-0.05, 0) is 38.3 Å². The summed E-state index contributed by atoms with van der Waals surface area (Å²) in [5, 5.41) is 11.5. The van der Waals surface area contributed by atoms with Crippen molar-refractivity contribution in [2.75, 3.05) is 30.4 Å². The van der Waals surface area contributed by atoms with Crippen molar-refractivity contribution >= 4 is 23.2 Å². The first-order chi connectivity index (χ1) is 11.5. The maximum Gasteiger partial charge on any atom is 0.313 e. The van der Waals surface area contributed by atoms with Crippen molar-refractivity contribution in [3.63, 3.8) is 0 Å². The van der Waals surface area contributed by atoms with Crippen LogP contribution in [0.2, 0.25) is 0 Å². The molecule has 1 aliphatic heterocycles. The van der Waals surface area contributed by atoms with Crippen molar-refractivity contribution in [1.82, 2.24) is 4.90 Å². The smallest absolute Gasteiger partial charge is 0.313 e. The van der Waals surface area contributed by atoms with Crippen LogP contribution in [-0.2, 0) is 9.59 Å². The fourth-order valence-electron chi connectivity index (χ4n) is 2.80. The van der Waals surface area contributed by atoms with E-state index >= 15 is 0 Å². The van der Waals surface area contributed by atoms with Gasteiger partial charge in [-0.1, -0.05) is 12.1 Å². The Hall–Kier alpha value is -2.55. The summed E-state index contributed by atoms with van der Waals surface area (Å²) in [5.74, 6) is -1.31. The Kier molecular flexibility index (Phi) is 6.19. The molecule has 24 heavy (non-hydrogen) atoms. The number of likely N-dealkylation sites (N-methyl/N-ethyl adjacent to an activating group) is 1. The molecule has 0 radical (unpaired) electrons. The van der Waals surface area contributed by atoms with Crippen LogP contribution in [0.3, 0.4) is 0 Å². The molecule has 0 spiro atoms. The van der Waals surface area contributed by atoms with Gasteiger partial charge in [0.05, 0.1) is 23.9 Å². The summed E-state index contributed by atoms with van der Waals surface area (Å²) in [6, 6.07) is 9.27. The second kappa shape index (κ2) is 8.34. The highest BCUT2D eigenvalue weighted by atomic mass is 16.2. The van der Waals surface area contributed by atoms with E-state index in [1.165, 1.54) is 11.3 Å². The van der Waals surface area contributed by atoms with Crippen LogP contribution < -0.4 is 10.2 Å². The number of benzene rings is 1. The first-order valence-electron chi connectivity index (χ1n) is 8.33. The first kappa shape index (κ1) is 17.8. The van der Waals surface area contributed by atoms with E-state index in [2.05, 4.69) is 10.2 Å². The highest BCUT2D eigenvalue weighted by Gasteiger charge is 2.24. The molecule has 128 valence electrons. The van der Waals surface area contributed by atoms with Gasteiger partial charge < -0.3 is 15.1 Å². The predicted octanol–water partition coefficient (Wildman–Crippen LogP) is 2.38. The molecule has 1 saturated heterocycles. The molecule has 0 aliphatic carbocycles. The zero-order valence-electron chi connectivity index (χ0n) is 14.3. The average molecular weight is 328 g/mol. The summed E-state index contributed by atoms with van der Waals surface area (Å²) < 4.78 is 0. The number of nitrogens with zero attached hydrogens (tertiary/aromatic N) is 3. The molecule has 0 saturated carbocycles. The topological polar surface area (TPSA) is 76.4 Å². The van der Waals surface area contributed by atoms with Gasteiger partial charge in [-0.25, -0.2) is 0 Å². The standard InChI is InChI=1S/C18H24N4O2/c1-14(10-11-19)21(2)18(24)17(23)20-15-8-4-5-9-16(15)22-12-6-3-7-13-22/h4-5,8-9,14H,3,6-7,10,12-13H2,1-2H3,(H,20,23). The number of anilines is 2. The van der Waals surface area contributed by atoms with E-state index in [0.29, 0.717) is 5.69 Å². The molecule has 0 bridgehead atoms. The molecule has 6 heteroatoms. The van der Waals surface area contributed by atoms with Gasteiger partial charge in [0.25, 0.3) is 0 Å². The van der Waals surface area contributed by atoms with Crippen molar-refractivity contribution in [2.24, 2.45) is 0 Å². The molecule has 1 aliphatic rings. The second-order valence-electron chi connectivity index (χ2n) is 6.15. The Morgan fingerprint density at radius 3 is 2.62 bits per heavy atom. The van der Waals surface area contributed by atoms with Crippen molar-refractivity contribution in [3.05, 3.63) is 24.3 Å². The number of para-hydroxylation sites is 2. The van der Waals surface area contributed by atoms with Crippen LogP contribution in [0.5, 0.6) is 0 Å². The number of piperidine rings is 1. The van der Waals surface area contributed by atoms with Crippen molar-refractivity contribution in [1.29, 1.82) is 5.26 Å². The lowest BCUT2D eigenvalue weighted by atomic mass is 10.1. The summed E-state index contributed by atoms with van der Waals surface area (Å²) in [4.78, 5) is 28.1. The average Bonchev–Trinajstić information content (AvgIpc) is 2.61. The van der Waals surface area contributed by atoms with Gasteiger partial charge in [-0.2, -0.15) is 5.26 Å². The largest absolute Gasteiger partial charge is 0.370 e. The predicted molar refractivity (Wildman–Crippen MR) is 93.6 cm³/mol. The number of hydrogen-bond acceptors (Lipinski definition) is 4. The van der Waals surface area contributed by atoms with Crippen LogP contribution in [0.1, 0.15) is 32.6 Å². The van der Waals surface area contributed by atoms with Crippen LogP contribution in [-0.4, -0.2) is 42.9 Å². The molecule has 1 heterocycles. The van der Waals surface area contributed by atoms with Gasteiger partial charge >= 0.3 is 11.8 Å². The summed E-state index contributed by atoms with van der Waals surface area (Å²) >= 11 is 0. The summed E-state index contributed by atoms with van der Waals surface area (Å²) in [6.07, 6.45) is 3.69. The van der Waals surface area contributed by atoms with Gasteiger partial charge in [0.1, 0.15) is 0 Å². The van der Waals surface area contributed by atoms with Crippen LogP contribution in [0.25, 0.3) is 0 Å². The Balaban J connectivity index is 2.09. The molecule has 2 rings (SSSR count). The SMILES string of the molecule is CC(CC#N)N(C)C(=O)C(=O)Nc1ccccc1N1CCCCC1. The fourth-order valence-corrected chi connectivity index (χ4v) is 2.80. The Morgan fingerprint density at radius 2 is 1.96 bits per heavy atom. The van der Waals surface area contributed by atoms with Gasteiger partial charge in [-0.3, -0.25) is 9.59 Å². The second-order valence-corrected chi connectivity index (χ2v) is 6.15. The number of amides is 2. The summed E-state index contributed by atoms with van der Waals surface area (Å²) in [6.45, 7) is 3.66. The first-order valence-corrected chi connectivity index (χ1v) is 8.33. The molecule has 1 atom stereocenters. The molecule has 2 amide bonds. The van der Waals surface area contributed by atoms with Crippen molar-refractivity contribution in [2.45, 2.75) is 38.6 Å². The van der Waals surface area contributed by atoms with E-state index in [-0.39, 0.29) is 12.5 Å². The maximum atomic E-state index is 12.3. The van der Waals surface area contributed by atoms with E-state index in [1.807, 2.05) is 30.3 Å². The minimum atomic E-state index is -0.674. The minimum absolute atomic E-state index is 0.194. The number of hydrogen-bond donors (Lipinski definition) is 1. The third-order valence-corrected chi connectivity index (χ3v) is 4.41. The Bertz CT molecular complexity index is 632. The third kappa shape index (κ3) is 4.25. The van der Waals surface area contributed by atoms with E-state index in [1.54, 1.807) is 14.0 Å². The molecular formula is C18H24N4O2. The monoisotopic (exact) mass is 328 g/mol. The van der Waals surface area contributed by atoms with Gasteiger partial charge in [0, 0.05) is 26.2 Å². The number of carbonyl (C=O) groups excluding carboxylic acids is 2. The van der Waals surface area contributed by atoms with E-state index in [4.69, 9.17) is 5.26 Å². The number of carbonyl (C=O) groups is 2. The normalized spacial score (nSPS) is 15.3. The third-order valence-electron chi connectivity index (χ3n) is 4.41. The molecule has 1 aromatic rings. The molecule has 6 nitrogen and oxygen atoms in total. The number of nitrogens with one attached hydrogen (secondary N) is 1. The van der Waals surface area contributed by atoms with E-state index in [9.17, 15) is 9.59 Å². The van der Waals surface area contributed by atoms with Gasteiger partial charge in [0.15, 0.2) is 0 Å². The lowest BCUT2D eigenvalue weighted by molar-refractivity contribution is -0.143. The zero-order valence-corrected chi connectivity index (χ0v) is 14.3. The van der Waals surface area contributed by atoms with Gasteiger partial charge in [-0.15, -0.1) is 0 Å². The van der Waals surface area contributed by atoms with E-state index in [0.717, 1.165) is 31.6 Å². The van der Waals surface area contributed by atoms with E-state index < -0.39 is 11.8 Å². The summed E-state index contributed by atoms with van der Waals surface area (Å²) in [5.41, 5.74) is 1.60. The molecule has 1 unspecified atom stereocenters. The lowest BCUT2D eigenvalue weighted by Crippen LogP contribution is -2.42. The van der Waals surface area contributed by atoms with Crippen LogP contribution >= 0.6 is 0 Å². The van der Waals surface area contributed by atoms with Crippen LogP contribution in [0.15, 0.2) is 24.3 Å². The molecule has 0 aromatic heterocycles. The molecule has 1 N–H and O–H groups in total. The zero-order chi connectivity index (χ0) is 17.5. The summed E-state index contributed by atoms with van der Waals surface area (Å²) in [7, 11) is 1.54. The fraction of sp³-hybridized carbons (Fsp3) is 0.500. The molecule has 1 aromatic carbocycles. The molecular weight excluding hydrogens is 304 g/mol. The van der Waals surface area contributed by atoms with Gasteiger partial charge in [0.2, 0.25) is 0 Å². The molecule has 1 fully saturated rings. The van der Waals surface area contributed by atoms with Crippen LogP contribution in [0.4, 0.5) is 11.4 Å². The van der Waals surface area contributed by atoms with Crippen molar-refractivity contribution < 1.29 is 9.59 Å².